The summed E-state index contributed by atoms with van der Waals surface area (Å²) in [6, 6.07) is 6.51. The van der Waals surface area contributed by atoms with E-state index in [-0.39, 0.29) is 23.8 Å². The highest BCUT2D eigenvalue weighted by molar-refractivity contribution is 6.02. The summed E-state index contributed by atoms with van der Waals surface area (Å²) < 4.78 is 53.0. The van der Waals surface area contributed by atoms with E-state index in [0.29, 0.717) is 31.5 Å². The van der Waals surface area contributed by atoms with Gasteiger partial charge in [0.15, 0.2) is 0 Å². The first-order valence-electron chi connectivity index (χ1n) is 11.3. The number of carbonyl (C=O) groups is 3. The number of hydrogen-bond donors (Lipinski definition) is 2. The third kappa shape index (κ3) is 5.55. The average Bonchev–Trinajstić information content (AvgIpc) is 2.81. The van der Waals surface area contributed by atoms with Crippen LogP contribution in [0.2, 0.25) is 0 Å². The maximum atomic E-state index is 15.0. The van der Waals surface area contributed by atoms with Gasteiger partial charge in [0.1, 0.15) is 11.9 Å². The summed E-state index contributed by atoms with van der Waals surface area (Å²) >= 11 is 0. The molecule has 2 heterocycles. The number of benzene rings is 2. The van der Waals surface area contributed by atoms with E-state index in [2.05, 4.69) is 10.6 Å². The van der Waals surface area contributed by atoms with E-state index in [9.17, 15) is 31.9 Å². The van der Waals surface area contributed by atoms with E-state index >= 15 is 0 Å². The zero-order valence-electron chi connectivity index (χ0n) is 18.7. The first-order valence-corrected chi connectivity index (χ1v) is 11.3. The average molecular weight is 492 g/mol. The van der Waals surface area contributed by atoms with E-state index in [1.165, 1.54) is 21.9 Å². The third-order valence-electron chi connectivity index (χ3n) is 6.07. The Morgan fingerprint density at radius 2 is 1.66 bits per heavy atom. The van der Waals surface area contributed by atoms with Gasteiger partial charge in [-0.2, -0.15) is 13.2 Å². The topological polar surface area (TPSA) is 81.8 Å². The zero-order chi connectivity index (χ0) is 25.2. The number of anilines is 3. The molecule has 2 aliphatic heterocycles. The molecule has 0 spiro atoms. The normalized spacial score (nSPS) is 19.0. The van der Waals surface area contributed by atoms with Crippen LogP contribution in [-0.2, 0) is 15.8 Å². The molecule has 4 amide bonds. The lowest BCUT2D eigenvalue weighted by Crippen LogP contribution is -2.53. The van der Waals surface area contributed by atoms with E-state index in [0.717, 1.165) is 37.1 Å². The number of hydrogen-bond acceptors (Lipinski definition) is 3. The van der Waals surface area contributed by atoms with Crippen molar-refractivity contribution in [1.29, 1.82) is 0 Å². The molecule has 0 aromatic heterocycles. The fraction of sp³-hybridized carbons (Fsp3) is 0.375. The molecule has 1 unspecified atom stereocenters. The Bertz CT molecular complexity index is 1120. The van der Waals surface area contributed by atoms with Crippen molar-refractivity contribution >= 4 is 34.9 Å². The largest absolute Gasteiger partial charge is 0.416 e. The molecule has 2 aromatic carbocycles. The van der Waals surface area contributed by atoms with Crippen LogP contribution in [0.3, 0.4) is 0 Å². The molecule has 0 saturated carbocycles. The van der Waals surface area contributed by atoms with Crippen LogP contribution in [0.25, 0.3) is 0 Å². The molecule has 4 rings (SSSR count). The molecule has 2 fully saturated rings. The molecule has 7 nitrogen and oxygen atoms in total. The second kappa shape index (κ2) is 9.93. The third-order valence-corrected chi connectivity index (χ3v) is 6.07. The Morgan fingerprint density at radius 3 is 2.31 bits per heavy atom. The highest BCUT2D eigenvalue weighted by atomic mass is 19.4. The van der Waals surface area contributed by atoms with Gasteiger partial charge in [-0.3, -0.25) is 9.59 Å². The Hall–Kier alpha value is -3.63. The molecule has 0 radical (unpaired) electrons. The van der Waals surface area contributed by atoms with Crippen LogP contribution in [0.15, 0.2) is 42.5 Å². The summed E-state index contributed by atoms with van der Waals surface area (Å²) in [5.74, 6) is -1.22. The quantitative estimate of drug-likeness (QED) is 0.609. The van der Waals surface area contributed by atoms with Crippen LogP contribution in [-0.4, -0.2) is 37.0 Å². The summed E-state index contributed by atoms with van der Waals surface area (Å²) in [5, 5.41) is 4.91. The summed E-state index contributed by atoms with van der Waals surface area (Å²) in [7, 11) is 0. The minimum absolute atomic E-state index is 0.0536. The Kier molecular flexibility index (Phi) is 6.95. The number of nitrogens with one attached hydrogen (secondary N) is 2. The van der Waals surface area contributed by atoms with Gasteiger partial charge in [-0.1, -0.05) is 0 Å². The lowest BCUT2D eigenvalue weighted by atomic mass is 10.0. The number of carbonyl (C=O) groups excluding carboxylic acids is 3. The van der Waals surface area contributed by atoms with Crippen LogP contribution in [0, 0.1) is 5.82 Å². The summed E-state index contributed by atoms with van der Waals surface area (Å²) in [4.78, 5) is 40.2. The fourth-order valence-corrected chi connectivity index (χ4v) is 4.28. The van der Waals surface area contributed by atoms with Crippen molar-refractivity contribution < 1.29 is 31.9 Å². The van der Waals surface area contributed by atoms with Crippen molar-refractivity contribution in [2.24, 2.45) is 0 Å². The molecule has 35 heavy (non-hydrogen) atoms. The van der Waals surface area contributed by atoms with Crippen molar-refractivity contribution in [3.8, 4) is 0 Å². The van der Waals surface area contributed by atoms with Gasteiger partial charge in [0, 0.05) is 30.9 Å². The number of piperidine rings is 2. The second-order valence-corrected chi connectivity index (χ2v) is 8.50. The van der Waals surface area contributed by atoms with Gasteiger partial charge < -0.3 is 20.4 Å². The van der Waals surface area contributed by atoms with Gasteiger partial charge in [0.05, 0.1) is 11.3 Å². The standard InChI is InChI=1S/C24H24F4N4O3/c25-18-14-17(31-12-2-1-5-21(31)33)10-11-20(18)32-13-3-4-19(22(32)34)30-23(35)29-16-8-6-15(7-9-16)24(26,27)28/h6-11,14,19H,1-5,12-13H2,(H2,29,30,35). The van der Waals surface area contributed by atoms with E-state index in [4.69, 9.17) is 0 Å². The van der Waals surface area contributed by atoms with Crippen LogP contribution < -0.4 is 20.4 Å². The smallest absolute Gasteiger partial charge is 0.326 e. The van der Waals surface area contributed by atoms with Crippen molar-refractivity contribution in [1.82, 2.24) is 5.32 Å². The van der Waals surface area contributed by atoms with Crippen LogP contribution in [0.4, 0.5) is 39.4 Å². The summed E-state index contributed by atoms with van der Waals surface area (Å²) in [6.45, 7) is 0.775. The predicted molar refractivity (Wildman–Crippen MR) is 122 cm³/mol. The van der Waals surface area contributed by atoms with Crippen molar-refractivity contribution in [3.05, 3.63) is 53.8 Å². The molecule has 186 valence electrons. The molecule has 2 saturated heterocycles. The van der Waals surface area contributed by atoms with Gasteiger partial charge in [0.25, 0.3) is 0 Å². The summed E-state index contributed by atoms with van der Waals surface area (Å²) in [6.07, 6.45) is -1.60. The van der Waals surface area contributed by atoms with Gasteiger partial charge in [-0.25, -0.2) is 9.18 Å². The number of alkyl halides is 3. The fourth-order valence-electron chi connectivity index (χ4n) is 4.28. The van der Waals surface area contributed by atoms with Gasteiger partial charge in [0.2, 0.25) is 11.8 Å². The predicted octanol–water partition coefficient (Wildman–Crippen LogP) is 4.68. The Morgan fingerprint density at radius 1 is 0.943 bits per heavy atom. The van der Waals surface area contributed by atoms with E-state index in [1.807, 2.05) is 0 Å². The molecule has 0 bridgehead atoms. The SMILES string of the molecule is O=C(Nc1ccc(C(F)(F)F)cc1)NC1CCCN(c2ccc(N3CCCCC3=O)cc2F)C1=O. The number of urea groups is 1. The van der Waals surface area contributed by atoms with Crippen LogP contribution in [0.5, 0.6) is 0 Å². The lowest BCUT2D eigenvalue weighted by Gasteiger charge is -2.33. The van der Waals surface area contributed by atoms with Gasteiger partial charge in [-0.05, 0) is 68.1 Å². The molecule has 1 atom stereocenters. The molecule has 0 aliphatic carbocycles. The van der Waals surface area contributed by atoms with Gasteiger partial charge >= 0.3 is 12.2 Å². The monoisotopic (exact) mass is 492 g/mol. The highest BCUT2D eigenvalue weighted by Gasteiger charge is 2.33. The molecule has 11 heteroatoms. The van der Waals surface area contributed by atoms with E-state index < -0.39 is 35.5 Å². The number of amides is 4. The minimum atomic E-state index is -4.49. The first kappa shape index (κ1) is 24.5. The van der Waals surface area contributed by atoms with Crippen molar-refractivity contribution in [3.63, 3.8) is 0 Å². The van der Waals surface area contributed by atoms with Crippen LogP contribution >= 0.6 is 0 Å². The maximum absolute atomic E-state index is 15.0. The molecule has 2 aromatic rings. The molecular weight excluding hydrogens is 468 g/mol. The Balaban J connectivity index is 1.41. The molecule has 2 N–H and O–H groups in total. The second-order valence-electron chi connectivity index (χ2n) is 8.50. The van der Waals surface area contributed by atoms with Crippen LogP contribution in [0.1, 0.15) is 37.7 Å². The number of nitrogens with zero attached hydrogens (tertiary/aromatic N) is 2. The van der Waals surface area contributed by atoms with Crippen molar-refractivity contribution in [2.75, 3.05) is 28.2 Å². The molecule has 2 aliphatic rings. The number of halogens is 4. The maximum Gasteiger partial charge on any atom is 0.416 e. The van der Waals surface area contributed by atoms with Gasteiger partial charge in [-0.15, -0.1) is 0 Å². The zero-order valence-corrected chi connectivity index (χ0v) is 18.7. The highest BCUT2D eigenvalue weighted by Crippen LogP contribution is 2.31. The number of rotatable bonds is 4. The van der Waals surface area contributed by atoms with E-state index in [1.54, 1.807) is 6.07 Å². The first-order chi connectivity index (χ1) is 16.6. The summed E-state index contributed by atoms with van der Waals surface area (Å²) in [5.41, 5.74) is -0.229. The lowest BCUT2D eigenvalue weighted by molar-refractivity contribution is -0.137. The minimum Gasteiger partial charge on any atom is -0.326 e. The van der Waals surface area contributed by atoms with Crippen molar-refractivity contribution in [2.45, 2.75) is 44.3 Å². The molecular formula is C24H24F4N4O3. The Labute approximate surface area is 199 Å².